The van der Waals surface area contributed by atoms with Gasteiger partial charge in [0, 0.05) is 29.2 Å². The van der Waals surface area contributed by atoms with E-state index >= 15 is 14.0 Å². The summed E-state index contributed by atoms with van der Waals surface area (Å²) in [6, 6.07) is 18.1. The number of aliphatic hydroxyl groups is 1. The lowest BCUT2D eigenvalue weighted by atomic mass is 9.57. The molecule has 3 aliphatic carbocycles. The average molecular weight is 807 g/mol. The number of hydrogen-bond acceptors (Lipinski definition) is 10. The Hall–Kier alpha value is -5.13. The number of aliphatic hydroxyl groups excluding tert-OH is 1. The van der Waals surface area contributed by atoms with E-state index in [0.717, 1.165) is 11.1 Å². The first-order valence-electron chi connectivity index (χ1n) is 19.5. The van der Waals surface area contributed by atoms with Gasteiger partial charge in [0.25, 0.3) is 5.88 Å². The third-order valence-electron chi connectivity index (χ3n) is 12.3. The van der Waals surface area contributed by atoms with E-state index in [1.807, 2.05) is 114 Å². The van der Waals surface area contributed by atoms with E-state index in [4.69, 9.17) is 25.0 Å². The van der Waals surface area contributed by atoms with E-state index in [-0.39, 0.29) is 83.5 Å². The normalized spacial score (nSPS) is 21.7. The monoisotopic (exact) mass is 806 g/mol. The fourth-order valence-electron chi connectivity index (χ4n) is 8.52. The lowest BCUT2D eigenvalue weighted by Crippen LogP contribution is -2.68. The van der Waals surface area contributed by atoms with Crippen molar-refractivity contribution in [3.05, 3.63) is 123 Å². The molecule has 1 heterocycles. The summed E-state index contributed by atoms with van der Waals surface area (Å²) >= 11 is 0. The Balaban J connectivity index is 1.45. The molecule has 13 heteroatoms. The minimum atomic E-state index is -2.99. The molecule has 0 spiro atoms. The van der Waals surface area contributed by atoms with Gasteiger partial charge in [-0.1, -0.05) is 81.4 Å². The van der Waals surface area contributed by atoms with E-state index in [9.17, 15) is 5.11 Å². The Kier molecular flexibility index (Phi) is 10.8. The highest BCUT2D eigenvalue weighted by molar-refractivity contribution is 6.74. The summed E-state index contributed by atoms with van der Waals surface area (Å²) in [6.45, 7) is 18.5. The fraction of sp³-hybridized carbons (Fsp3) is 0.422. The molecule has 3 aliphatic rings. The number of hydrogen-bond donors (Lipinski definition) is 1. The van der Waals surface area contributed by atoms with Crippen molar-refractivity contribution in [1.29, 1.82) is 0 Å². The molecule has 7 rings (SSSR count). The Morgan fingerprint density at radius 2 is 1.57 bits per heavy atom. The van der Waals surface area contributed by atoms with Crippen LogP contribution in [-0.2, 0) is 35.4 Å². The number of Topliss-reactive ketones (excluding diaryl/α,β-unsaturated/α-hetero) is 2. The second-order valence-corrected chi connectivity index (χ2v) is 22.3. The Bertz CT molecular complexity index is 2330. The molecule has 304 valence electrons. The number of aromatic nitrogens is 1. The Labute approximate surface area is 340 Å². The van der Waals surface area contributed by atoms with Crippen LogP contribution in [0.1, 0.15) is 77.2 Å². The highest BCUT2D eigenvalue weighted by Gasteiger charge is 2.69. The molecule has 1 N–H and O–H groups in total. The van der Waals surface area contributed by atoms with Gasteiger partial charge in [-0.15, -0.1) is 0 Å². The van der Waals surface area contributed by atoms with Crippen LogP contribution in [-0.4, -0.2) is 73.7 Å². The van der Waals surface area contributed by atoms with Crippen LogP contribution in [0.25, 0.3) is 10.6 Å². The third kappa shape index (κ3) is 6.75. The second-order valence-electron chi connectivity index (χ2n) is 17.6. The Morgan fingerprint density at radius 3 is 2.12 bits per heavy atom. The lowest BCUT2D eigenvalue weighted by molar-refractivity contribution is -0.140. The minimum Gasteiger partial charge on any atom is -0.507 e. The number of ether oxygens (including phenoxy) is 2. The first-order valence-corrected chi connectivity index (χ1v) is 22.5. The van der Waals surface area contributed by atoms with Crippen LogP contribution in [0.4, 0.5) is 10.1 Å². The van der Waals surface area contributed by atoms with Crippen molar-refractivity contribution in [2.75, 3.05) is 28.2 Å². The highest BCUT2D eigenvalue weighted by Crippen LogP contribution is 2.60. The number of fused-ring (bicyclic) bond motifs is 4. The predicted molar refractivity (Wildman–Crippen MR) is 220 cm³/mol. The summed E-state index contributed by atoms with van der Waals surface area (Å²) < 4.78 is 42.7. The molecule has 4 atom stereocenters. The number of halogens is 1. The lowest BCUT2D eigenvalue weighted by Gasteiger charge is -2.55. The summed E-state index contributed by atoms with van der Waals surface area (Å²) in [7, 11) is 4.26. The molecule has 3 aromatic carbocycles. The maximum absolute atomic E-state index is 17.0. The van der Waals surface area contributed by atoms with Gasteiger partial charge in [-0.05, 0) is 81.4 Å². The van der Waals surface area contributed by atoms with Crippen LogP contribution in [0.2, 0.25) is 18.1 Å². The highest BCUT2D eigenvalue weighted by atomic mass is 28.4. The van der Waals surface area contributed by atoms with Crippen molar-refractivity contribution < 1.29 is 37.5 Å². The molecule has 1 saturated carbocycles. The maximum Gasteiger partial charge on any atom is 0.265 e. The predicted octanol–water partition coefficient (Wildman–Crippen LogP) is 8.87. The van der Waals surface area contributed by atoms with Gasteiger partial charge in [0.2, 0.25) is 17.3 Å². The zero-order chi connectivity index (χ0) is 41.9. The number of carbonyl (C=O) groups excluding carboxylic acids is 2. The van der Waals surface area contributed by atoms with Crippen molar-refractivity contribution in [2.45, 2.75) is 83.1 Å². The maximum atomic E-state index is 17.0. The SMILES string of the molecule is [C-]#[N+]c1c(CN(C)C)c(F)c2c(c1OCc1ccccc1)C(O)=C1C(=O)[C@]3(O[Si](C)(C)C(C)(C)C)C(=O)c4c(OCc5ccccc5)noc4[C@@H](N(C)C)[C@@H]3C[C@@H]1C2. The molecule has 0 aliphatic heterocycles. The first kappa shape index (κ1) is 41.0. The van der Waals surface area contributed by atoms with E-state index in [2.05, 4.69) is 10.0 Å². The molecule has 0 radical (unpaired) electrons. The topological polar surface area (TPSA) is 119 Å². The second kappa shape index (κ2) is 15.2. The van der Waals surface area contributed by atoms with Crippen LogP contribution in [0.3, 0.4) is 0 Å². The number of nitrogens with zero attached hydrogens (tertiary/aromatic N) is 4. The molecule has 0 saturated heterocycles. The summed E-state index contributed by atoms with van der Waals surface area (Å²) in [5, 5.41) is 16.4. The zero-order valence-corrected chi connectivity index (χ0v) is 35.6. The van der Waals surface area contributed by atoms with Gasteiger partial charge < -0.3 is 28.4 Å². The van der Waals surface area contributed by atoms with E-state index in [1.165, 1.54) is 0 Å². The van der Waals surface area contributed by atoms with Crippen LogP contribution < -0.4 is 9.47 Å². The molecule has 1 fully saturated rings. The molecule has 11 nitrogen and oxygen atoms in total. The summed E-state index contributed by atoms with van der Waals surface area (Å²) in [5.41, 5.74) is -0.349. The number of benzene rings is 3. The molecule has 1 aromatic heterocycles. The minimum absolute atomic E-state index is 0.0103. The van der Waals surface area contributed by atoms with Crippen LogP contribution in [0.15, 0.2) is 70.8 Å². The van der Waals surface area contributed by atoms with Gasteiger partial charge in [0.15, 0.2) is 19.7 Å². The summed E-state index contributed by atoms with van der Waals surface area (Å²) in [4.78, 5) is 38.8. The smallest absolute Gasteiger partial charge is 0.265 e. The molecule has 0 bridgehead atoms. The van der Waals surface area contributed by atoms with Crippen molar-refractivity contribution >= 4 is 31.3 Å². The molecule has 58 heavy (non-hydrogen) atoms. The largest absolute Gasteiger partial charge is 0.507 e. The molecular weight excluding hydrogens is 756 g/mol. The summed E-state index contributed by atoms with van der Waals surface area (Å²) in [6.07, 6.45) is 0.184. The van der Waals surface area contributed by atoms with Crippen molar-refractivity contribution in [3.8, 4) is 11.6 Å². The summed E-state index contributed by atoms with van der Waals surface area (Å²) in [5.74, 6) is -3.82. The van der Waals surface area contributed by atoms with Gasteiger partial charge in [0.1, 0.15) is 36.1 Å². The number of rotatable bonds is 11. The van der Waals surface area contributed by atoms with Gasteiger partial charge in [-0.2, -0.15) is 0 Å². The zero-order valence-electron chi connectivity index (χ0n) is 34.6. The third-order valence-corrected chi connectivity index (χ3v) is 16.7. The van der Waals surface area contributed by atoms with Gasteiger partial charge >= 0.3 is 0 Å². The number of carbonyl (C=O) groups is 2. The fourth-order valence-corrected chi connectivity index (χ4v) is 9.97. The van der Waals surface area contributed by atoms with E-state index in [1.54, 1.807) is 19.0 Å². The van der Waals surface area contributed by atoms with Gasteiger partial charge in [-0.3, -0.25) is 14.5 Å². The molecule has 0 unspecified atom stereocenters. The number of ketones is 2. The van der Waals surface area contributed by atoms with E-state index < -0.39 is 60.0 Å². The van der Waals surface area contributed by atoms with Crippen molar-refractivity contribution in [1.82, 2.24) is 15.0 Å². The molecular formula is C45H51FN4O7Si. The quantitative estimate of drug-likeness (QED) is 0.0895. The van der Waals surface area contributed by atoms with Crippen LogP contribution in [0, 0.1) is 24.2 Å². The van der Waals surface area contributed by atoms with Crippen LogP contribution in [0.5, 0.6) is 11.6 Å². The van der Waals surface area contributed by atoms with Crippen molar-refractivity contribution in [2.24, 2.45) is 11.8 Å². The van der Waals surface area contributed by atoms with Gasteiger partial charge in [0.05, 0.1) is 18.2 Å². The van der Waals surface area contributed by atoms with Gasteiger partial charge in [-0.25, -0.2) is 9.24 Å². The molecule has 0 amide bonds. The Morgan fingerprint density at radius 1 is 0.966 bits per heavy atom. The van der Waals surface area contributed by atoms with Crippen molar-refractivity contribution in [3.63, 3.8) is 0 Å². The van der Waals surface area contributed by atoms with Crippen LogP contribution >= 0.6 is 0 Å². The first-order chi connectivity index (χ1) is 27.4. The molecule has 4 aromatic rings. The standard InChI is InChI=1S/C45H51FN4O7Si/c1-44(2,3)58(9,10)57-45-31(37(50(7)8)40-34(42(45)53)43(48-56-40)55-25-27-19-15-12-16-20-27)22-28-21-29-33(38(51)32(28)41(45)52)39(54-24-26-17-13-11-14-18-26)36(47-4)30(35(29)46)23-49(5)6/h11-20,28,31,37,51H,21-25H2,1-3,5-10H3/t28-,31-,37-,45-/m0/s1. The average Bonchev–Trinajstić information content (AvgIpc) is 3.59. The van der Waals surface area contributed by atoms with E-state index in [0.29, 0.717) is 0 Å².